The van der Waals surface area contributed by atoms with Crippen LogP contribution in [0.2, 0.25) is 0 Å². The van der Waals surface area contributed by atoms with Crippen LogP contribution in [0.1, 0.15) is 15.9 Å². The zero-order valence-corrected chi connectivity index (χ0v) is 14.6. The Labute approximate surface area is 147 Å². The first-order valence-electron chi connectivity index (χ1n) is 8.02. The number of amides is 1. The number of nitrogens with zero attached hydrogens (tertiary/aromatic N) is 4. The Morgan fingerprint density at radius 2 is 2.04 bits per heavy atom. The lowest BCUT2D eigenvalue weighted by atomic mass is 10.1. The molecule has 2 aromatic heterocycles. The maximum absolute atomic E-state index is 12.4. The summed E-state index contributed by atoms with van der Waals surface area (Å²) in [4.78, 5) is 18.6. The number of pyridine rings is 1. The van der Waals surface area contributed by atoms with Crippen molar-refractivity contribution in [3.05, 3.63) is 66.1 Å². The Morgan fingerprint density at radius 1 is 1.20 bits per heavy atom. The monoisotopic (exact) mass is 335 g/mol. The number of aromatic nitrogens is 3. The Hall–Kier alpha value is -3.15. The highest BCUT2D eigenvalue weighted by atomic mass is 16.1. The van der Waals surface area contributed by atoms with Crippen LogP contribution in [0.15, 0.2) is 55.0 Å². The highest BCUT2D eigenvalue weighted by Gasteiger charge is 2.08. The number of anilines is 1. The lowest BCUT2D eigenvalue weighted by Crippen LogP contribution is -2.23. The maximum Gasteiger partial charge on any atom is 0.251 e. The van der Waals surface area contributed by atoms with Crippen LogP contribution in [-0.4, -0.2) is 34.8 Å². The number of rotatable bonds is 5. The molecule has 1 N–H and O–H groups in total. The summed E-state index contributed by atoms with van der Waals surface area (Å²) in [5.41, 5.74) is 4.53. The summed E-state index contributed by atoms with van der Waals surface area (Å²) in [5, 5.41) is 7.12. The summed E-state index contributed by atoms with van der Waals surface area (Å²) >= 11 is 0. The minimum atomic E-state index is -0.102. The number of aryl methyl sites for hydroxylation is 1. The molecular formula is C19H21N5O. The first kappa shape index (κ1) is 16.7. The van der Waals surface area contributed by atoms with Crippen molar-refractivity contribution in [3.8, 4) is 11.3 Å². The van der Waals surface area contributed by atoms with Gasteiger partial charge in [-0.3, -0.25) is 14.5 Å². The van der Waals surface area contributed by atoms with E-state index >= 15 is 0 Å². The van der Waals surface area contributed by atoms with E-state index in [-0.39, 0.29) is 5.91 Å². The molecule has 3 aromatic rings. The number of carbonyl (C=O) groups is 1. The molecule has 0 radical (unpaired) electrons. The third-order valence-electron chi connectivity index (χ3n) is 3.99. The van der Waals surface area contributed by atoms with Crippen molar-refractivity contribution in [1.82, 2.24) is 20.1 Å². The SMILES string of the molecule is CN(C)c1cccc(C(=O)NCc2cncc(-c3ccnn3C)c2)c1. The van der Waals surface area contributed by atoms with Gasteiger partial charge in [-0.15, -0.1) is 0 Å². The van der Waals surface area contributed by atoms with Gasteiger partial charge in [-0.1, -0.05) is 6.07 Å². The maximum atomic E-state index is 12.4. The average molecular weight is 335 g/mol. The molecule has 1 aromatic carbocycles. The van der Waals surface area contributed by atoms with Crippen molar-refractivity contribution >= 4 is 11.6 Å². The zero-order valence-electron chi connectivity index (χ0n) is 14.6. The molecule has 1 amide bonds. The summed E-state index contributed by atoms with van der Waals surface area (Å²) in [6, 6.07) is 11.5. The molecule has 0 aliphatic carbocycles. The molecule has 6 nitrogen and oxygen atoms in total. The first-order chi connectivity index (χ1) is 12.0. The largest absolute Gasteiger partial charge is 0.378 e. The molecule has 0 aliphatic heterocycles. The van der Waals surface area contributed by atoms with E-state index in [9.17, 15) is 4.79 Å². The number of hydrogen-bond acceptors (Lipinski definition) is 4. The van der Waals surface area contributed by atoms with Gasteiger partial charge < -0.3 is 10.2 Å². The molecule has 0 fully saturated rings. The van der Waals surface area contributed by atoms with Gasteiger partial charge >= 0.3 is 0 Å². The summed E-state index contributed by atoms with van der Waals surface area (Å²) in [7, 11) is 5.79. The van der Waals surface area contributed by atoms with Gasteiger partial charge in [-0.05, 0) is 35.9 Å². The van der Waals surface area contributed by atoms with Crippen molar-refractivity contribution in [1.29, 1.82) is 0 Å². The van der Waals surface area contributed by atoms with Gasteiger partial charge in [0, 0.05) is 63.1 Å². The standard InChI is InChI=1S/C19H21N5O/c1-23(2)17-6-4-5-15(10-17)19(25)21-12-14-9-16(13-20-11-14)18-7-8-22-24(18)3/h4-11,13H,12H2,1-3H3,(H,21,25). The van der Waals surface area contributed by atoms with Crippen LogP contribution in [0.5, 0.6) is 0 Å². The second-order valence-electron chi connectivity index (χ2n) is 6.05. The van der Waals surface area contributed by atoms with Crippen LogP contribution < -0.4 is 10.2 Å². The van der Waals surface area contributed by atoms with E-state index < -0.39 is 0 Å². The fourth-order valence-corrected chi connectivity index (χ4v) is 2.59. The second-order valence-corrected chi connectivity index (χ2v) is 6.05. The lowest BCUT2D eigenvalue weighted by Gasteiger charge is -2.13. The van der Waals surface area contributed by atoms with Crippen LogP contribution in [0.4, 0.5) is 5.69 Å². The summed E-state index contributed by atoms with van der Waals surface area (Å²) in [6.45, 7) is 0.420. The second kappa shape index (κ2) is 7.17. The number of benzene rings is 1. The van der Waals surface area contributed by atoms with Gasteiger partial charge in [0.2, 0.25) is 0 Å². The van der Waals surface area contributed by atoms with Gasteiger partial charge in [0.1, 0.15) is 0 Å². The Bertz CT molecular complexity index is 885. The Balaban J connectivity index is 1.70. The quantitative estimate of drug-likeness (QED) is 0.778. The van der Waals surface area contributed by atoms with E-state index in [0.29, 0.717) is 12.1 Å². The molecule has 3 rings (SSSR count). The highest BCUT2D eigenvalue weighted by molar-refractivity contribution is 5.95. The normalized spacial score (nSPS) is 10.5. The molecule has 0 unspecified atom stereocenters. The van der Waals surface area contributed by atoms with E-state index in [1.165, 1.54) is 0 Å². The van der Waals surface area contributed by atoms with Crippen LogP contribution in [0.3, 0.4) is 0 Å². The predicted molar refractivity (Wildman–Crippen MR) is 98.4 cm³/mol. The average Bonchev–Trinajstić information content (AvgIpc) is 3.06. The number of carbonyl (C=O) groups excluding carboxylic acids is 1. The van der Waals surface area contributed by atoms with E-state index in [2.05, 4.69) is 15.4 Å². The summed E-state index contributed by atoms with van der Waals surface area (Å²) in [6.07, 6.45) is 5.31. The molecule has 0 atom stereocenters. The molecule has 6 heteroatoms. The van der Waals surface area contributed by atoms with Crippen LogP contribution in [0.25, 0.3) is 11.3 Å². The Kier molecular flexibility index (Phi) is 4.79. The highest BCUT2D eigenvalue weighted by Crippen LogP contribution is 2.18. The topological polar surface area (TPSA) is 63.1 Å². The van der Waals surface area contributed by atoms with Crippen molar-refractivity contribution in [2.75, 3.05) is 19.0 Å². The van der Waals surface area contributed by atoms with Gasteiger partial charge in [-0.25, -0.2) is 0 Å². The molecule has 0 saturated carbocycles. The third-order valence-corrected chi connectivity index (χ3v) is 3.99. The molecule has 128 valence electrons. The molecule has 0 saturated heterocycles. The zero-order chi connectivity index (χ0) is 17.8. The fraction of sp³-hybridized carbons (Fsp3) is 0.211. The van der Waals surface area contributed by atoms with Crippen LogP contribution in [-0.2, 0) is 13.6 Å². The van der Waals surface area contributed by atoms with Crippen molar-refractivity contribution in [2.45, 2.75) is 6.54 Å². The Morgan fingerprint density at radius 3 is 2.76 bits per heavy atom. The van der Waals surface area contributed by atoms with Gasteiger partial charge in [0.25, 0.3) is 5.91 Å². The summed E-state index contributed by atoms with van der Waals surface area (Å²) < 4.78 is 1.80. The molecule has 0 aliphatic rings. The van der Waals surface area contributed by atoms with E-state index in [0.717, 1.165) is 22.5 Å². The van der Waals surface area contributed by atoms with E-state index in [4.69, 9.17) is 0 Å². The van der Waals surface area contributed by atoms with Gasteiger partial charge in [-0.2, -0.15) is 5.10 Å². The predicted octanol–water partition coefficient (Wildman–Crippen LogP) is 2.48. The van der Waals surface area contributed by atoms with Gasteiger partial charge in [0.05, 0.1) is 5.69 Å². The summed E-state index contributed by atoms with van der Waals surface area (Å²) in [5.74, 6) is -0.102. The van der Waals surface area contributed by atoms with Crippen LogP contribution >= 0.6 is 0 Å². The lowest BCUT2D eigenvalue weighted by molar-refractivity contribution is 0.0951. The minimum absolute atomic E-state index is 0.102. The molecular weight excluding hydrogens is 314 g/mol. The van der Waals surface area contributed by atoms with Crippen molar-refractivity contribution < 1.29 is 4.79 Å². The molecule has 0 spiro atoms. The smallest absolute Gasteiger partial charge is 0.251 e. The van der Waals surface area contributed by atoms with Crippen LogP contribution in [0, 0.1) is 0 Å². The molecule has 25 heavy (non-hydrogen) atoms. The fourth-order valence-electron chi connectivity index (χ4n) is 2.59. The number of hydrogen-bond donors (Lipinski definition) is 1. The number of nitrogens with one attached hydrogen (secondary N) is 1. The van der Waals surface area contributed by atoms with Crippen molar-refractivity contribution in [2.24, 2.45) is 7.05 Å². The first-order valence-corrected chi connectivity index (χ1v) is 8.02. The van der Waals surface area contributed by atoms with E-state index in [1.807, 2.05) is 62.4 Å². The molecule has 2 heterocycles. The van der Waals surface area contributed by atoms with Crippen molar-refractivity contribution in [3.63, 3.8) is 0 Å². The minimum Gasteiger partial charge on any atom is -0.378 e. The van der Waals surface area contributed by atoms with Gasteiger partial charge in [0.15, 0.2) is 0 Å². The third kappa shape index (κ3) is 3.85. The van der Waals surface area contributed by atoms with E-state index in [1.54, 1.807) is 23.3 Å². The molecule has 0 bridgehead atoms.